The molecule has 0 radical (unpaired) electrons. The number of hydrogen-bond donors (Lipinski definition) is 2. The number of amides is 1. The van der Waals surface area contributed by atoms with Crippen molar-refractivity contribution in [2.24, 2.45) is 0 Å². The molecule has 4 aromatic heterocycles. The minimum absolute atomic E-state index is 0.201. The van der Waals surface area contributed by atoms with E-state index in [1.165, 1.54) is 0 Å². The summed E-state index contributed by atoms with van der Waals surface area (Å²) in [6.07, 6.45) is 4.97. The Morgan fingerprint density at radius 1 is 1.08 bits per heavy atom. The number of carbonyl (C=O) groups is 1. The van der Waals surface area contributed by atoms with Gasteiger partial charge in [0, 0.05) is 43.9 Å². The van der Waals surface area contributed by atoms with E-state index in [0.29, 0.717) is 54.7 Å². The molecule has 36 heavy (non-hydrogen) atoms. The van der Waals surface area contributed by atoms with Gasteiger partial charge in [-0.2, -0.15) is 0 Å². The van der Waals surface area contributed by atoms with Crippen LogP contribution in [0.2, 0.25) is 0 Å². The van der Waals surface area contributed by atoms with E-state index in [2.05, 4.69) is 25.3 Å². The first-order valence-corrected chi connectivity index (χ1v) is 11.9. The Morgan fingerprint density at radius 3 is 2.78 bits per heavy atom. The lowest BCUT2D eigenvalue weighted by Gasteiger charge is -2.16. The molecule has 5 heterocycles. The first kappa shape index (κ1) is 22.0. The molecule has 0 saturated carbocycles. The van der Waals surface area contributed by atoms with E-state index in [1.54, 1.807) is 25.7 Å². The fourth-order valence-electron chi connectivity index (χ4n) is 4.42. The monoisotopic (exact) mass is 483 g/mol. The molecule has 1 amide bonds. The zero-order valence-corrected chi connectivity index (χ0v) is 19.8. The number of pyridine rings is 1. The number of benzene rings is 1. The van der Waals surface area contributed by atoms with Crippen molar-refractivity contribution in [2.75, 3.05) is 25.5 Å². The van der Waals surface area contributed by atoms with Gasteiger partial charge >= 0.3 is 0 Å². The third kappa shape index (κ3) is 4.19. The predicted octanol–water partition coefficient (Wildman–Crippen LogP) is 3.01. The molecule has 1 saturated heterocycles. The lowest BCUT2D eigenvalue weighted by molar-refractivity contribution is -0.127. The van der Waals surface area contributed by atoms with Gasteiger partial charge in [-0.25, -0.2) is 24.9 Å². The van der Waals surface area contributed by atoms with Crippen LogP contribution in [0.4, 0.5) is 5.82 Å². The summed E-state index contributed by atoms with van der Waals surface area (Å²) in [6, 6.07) is 11.6. The highest BCUT2D eigenvalue weighted by molar-refractivity contribution is 5.85. The number of likely N-dealkylation sites (tertiary alicyclic amines) is 1. The maximum absolute atomic E-state index is 12.1. The van der Waals surface area contributed by atoms with Crippen molar-refractivity contribution in [3.8, 4) is 17.3 Å². The zero-order valence-electron chi connectivity index (χ0n) is 19.8. The molecule has 0 unspecified atom stereocenters. The number of hydrogen-bond acceptors (Lipinski definition) is 8. The highest BCUT2D eigenvalue weighted by Gasteiger charge is 2.21. The number of imidazole rings is 2. The third-order valence-corrected chi connectivity index (χ3v) is 6.31. The number of rotatable bonds is 8. The van der Waals surface area contributed by atoms with Crippen LogP contribution in [0.1, 0.15) is 18.7 Å². The van der Waals surface area contributed by atoms with Crippen LogP contribution in [0.5, 0.6) is 5.88 Å². The Balaban J connectivity index is 1.34. The molecule has 1 aliphatic heterocycles. The number of H-pyrrole nitrogens is 1. The lowest BCUT2D eigenvalue weighted by atomic mass is 10.2. The van der Waals surface area contributed by atoms with Crippen LogP contribution < -0.4 is 10.1 Å². The molecule has 5 aromatic rings. The fourth-order valence-corrected chi connectivity index (χ4v) is 4.42. The quantitative estimate of drug-likeness (QED) is 0.345. The molecule has 1 aromatic carbocycles. The van der Waals surface area contributed by atoms with Crippen LogP contribution >= 0.6 is 0 Å². The standard InChI is InChI=1S/C25H25N9O2/c1-36-20-9-8-16(13-26-20)23-31-24(27-14-19-29-17-5-2-3-6-18(17)30-19)22-25(32-23)34(15-28-22)12-11-33-10-4-7-21(33)35/h2-3,5-6,8-9,13,15H,4,7,10-12,14H2,1H3,(H,29,30)(H,27,31,32). The molecule has 11 heteroatoms. The number of methoxy groups -OCH3 is 1. The number of aromatic nitrogens is 7. The molecular formula is C25H25N9O2. The van der Waals surface area contributed by atoms with Gasteiger partial charge in [-0.1, -0.05) is 12.1 Å². The molecule has 182 valence electrons. The molecule has 2 N–H and O–H groups in total. The van der Waals surface area contributed by atoms with Crippen molar-refractivity contribution >= 4 is 33.9 Å². The second-order valence-electron chi connectivity index (χ2n) is 8.63. The minimum atomic E-state index is 0.201. The average molecular weight is 484 g/mol. The number of carbonyl (C=O) groups excluding carboxylic acids is 1. The summed E-state index contributed by atoms with van der Waals surface area (Å²) in [6.45, 7) is 2.46. The van der Waals surface area contributed by atoms with Crippen molar-refractivity contribution < 1.29 is 9.53 Å². The van der Waals surface area contributed by atoms with Gasteiger partial charge in [-0.05, 0) is 24.6 Å². The highest BCUT2D eigenvalue weighted by atomic mass is 16.5. The van der Waals surface area contributed by atoms with Gasteiger partial charge in [0.15, 0.2) is 17.3 Å². The number of fused-ring (bicyclic) bond motifs is 2. The number of para-hydroxylation sites is 2. The molecule has 1 fully saturated rings. The van der Waals surface area contributed by atoms with E-state index < -0.39 is 0 Å². The Bertz CT molecular complexity index is 1510. The number of ether oxygens (including phenoxy) is 1. The molecule has 0 aliphatic carbocycles. The molecule has 0 bridgehead atoms. The summed E-state index contributed by atoms with van der Waals surface area (Å²) < 4.78 is 7.15. The number of aromatic amines is 1. The maximum atomic E-state index is 12.1. The van der Waals surface area contributed by atoms with Crippen molar-refractivity contribution in [1.29, 1.82) is 0 Å². The minimum Gasteiger partial charge on any atom is -0.481 e. The second kappa shape index (κ2) is 9.25. The van der Waals surface area contributed by atoms with Crippen LogP contribution in [-0.2, 0) is 17.9 Å². The van der Waals surface area contributed by atoms with Gasteiger partial charge in [-0.15, -0.1) is 0 Å². The van der Waals surface area contributed by atoms with Crippen molar-refractivity contribution in [2.45, 2.75) is 25.9 Å². The molecule has 0 spiro atoms. The SMILES string of the molecule is COc1ccc(-c2nc(NCc3nc4ccccc4[nH]3)c3ncn(CCN4CCCC4=O)c3n2)cn1. The smallest absolute Gasteiger partial charge is 0.222 e. The normalized spacial score (nSPS) is 13.7. The topological polar surface area (TPSA) is 127 Å². The fraction of sp³-hybridized carbons (Fsp3) is 0.280. The van der Waals surface area contributed by atoms with Crippen molar-refractivity contribution in [3.05, 3.63) is 54.7 Å². The average Bonchev–Trinajstić information content (AvgIpc) is 3.63. The Kier molecular flexibility index (Phi) is 5.64. The summed E-state index contributed by atoms with van der Waals surface area (Å²) in [5, 5.41) is 3.38. The van der Waals surface area contributed by atoms with Crippen LogP contribution in [0.15, 0.2) is 48.9 Å². The van der Waals surface area contributed by atoms with Gasteiger partial charge < -0.3 is 24.5 Å². The Hall–Kier alpha value is -4.54. The number of nitrogens with one attached hydrogen (secondary N) is 2. The summed E-state index contributed by atoms with van der Waals surface area (Å²) in [5.41, 5.74) is 3.99. The summed E-state index contributed by atoms with van der Waals surface area (Å²) in [7, 11) is 1.58. The zero-order chi connectivity index (χ0) is 24.5. The summed E-state index contributed by atoms with van der Waals surface area (Å²) in [5.74, 6) is 2.63. The van der Waals surface area contributed by atoms with E-state index in [4.69, 9.17) is 14.7 Å². The van der Waals surface area contributed by atoms with Gasteiger partial charge in [0.1, 0.15) is 11.3 Å². The molecule has 6 rings (SSSR count). The van der Waals surface area contributed by atoms with Crippen molar-refractivity contribution in [1.82, 2.24) is 39.4 Å². The van der Waals surface area contributed by atoms with E-state index in [0.717, 1.165) is 35.4 Å². The number of anilines is 1. The first-order chi connectivity index (χ1) is 17.7. The number of nitrogens with zero attached hydrogens (tertiary/aromatic N) is 7. The lowest BCUT2D eigenvalue weighted by Crippen LogP contribution is -2.28. The first-order valence-electron chi connectivity index (χ1n) is 11.9. The van der Waals surface area contributed by atoms with Gasteiger partial charge in [0.25, 0.3) is 0 Å². The van der Waals surface area contributed by atoms with Crippen LogP contribution in [-0.4, -0.2) is 65.5 Å². The van der Waals surface area contributed by atoms with E-state index in [9.17, 15) is 4.79 Å². The van der Waals surface area contributed by atoms with Gasteiger partial charge in [0.05, 0.1) is 31.0 Å². The van der Waals surface area contributed by atoms with E-state index in [-0.39, 0.29) is 5.91 Å². The summed E-state index contributed by atoms with van der Waals surface area (Å²) in [4.78, 5) is 40.4. The highest BCUT2D eigenvalue weighted by Crippen LogP contribution is 2.25. The van der Waals surface area contributed by atoms with Crippen LogP contribution in [0.3, 0.4) is 0 Å². The molecular weight excluding hydrogens is 458 g/mol. The molecule has 11 nitrogen and oxygen atoms in total. The predicted molar refractivity (Wildman–Crippen MR) is 134 cm³/mol. The van der Waals surface area contributed by atoms with Crippen LogP contribution in [0, 0.1) is 0 Å². The van der Waals surface area contributed by atoms with E-state index >= 15 is 0 Å². The van der Waals surface area contributed by atoms with E-state index in [1.807, 2.05) is 39.8 Å². The van der Waals surface area contributed by atoms with Crippen LogP contribution in [0.25, 0.3) is 33.6 Å². The molecule has 1 aliphatic rings. The maximum Gasteiger partial charge on any atom is 0.222 e. The third-order valence-electron chi connectivity index (χ3n) is 6.31. The van der Waals surface area contributed by atoms with Gasteiger partial charge in [0.2, 0.25) is 11.8 Å². The van der Waals surface area contributed by atoms with Crippen molar-refractivity contribution in [3.63, 3.8) is 0 Å². The largest absolute Gasteiger partial charge is 0.481 e. The molecule has 0 atom stereocenters. The second-order valence-corrected chi connectivity index (χ2v) is 8.63. The Labute approximate surface area is 206 Å². The summed E-state index contributed by atoms with van der Waals surface area (Å²) >= 11 is 0. The van der Waals surface area contributed by atoms with Gasteiger partial charge in [-0.3, -0.25) is 4.79 Å². The Morgan fingerprint density at radius 2 is 2.00 bits per heavy atom.